The number of nitrogens with zero attached hydrogens (tertiary/aromatic N) is 2. The third-order valence-corrected chi connectivity index (χ3v) is 4.86. The van der Waals surface area contributed by atoms with Crippen molar-refractivity contribution in [3.63, 3.8) is 0 Å². The van der Waals surface area contributed by atoms with E-state index in [1.807, 2.05) is 0 Å². The smallest absolute Gasteiger partial charge is 0.416 e. The van der Waals surface area contributed by atoms with E-state index in [-0.39, 0.29) is 5.69 Å². The second kappa shape index (κ2) is 6.54. The summed E-state index contributed by atoms with van der Waals surface area (Å²) in [6, 6.07) is 14.6. The molecule has 0 aliphatic carbocycles. The number of aromatic nitrogens is 1. The fourth-order valence-corrected chi connectivity index (χ4v) is 3.62. The Balaban J connectivity index is 2.07. The van der Waals surface area contributed by atoms with Crippen molar-refractivity contribution in [1.82, 2.24) is 4.57 Å². The minimum Gasteiger partial charge on any atom is -0.494 e. The molecule has 0 saturated heterocycles. The highest BCUT2D eigenvalue weighted by molar-refractivity contribution is 6.32. The van der Waals surface area contributed by atoms with Crippen LogP contribution < -0.4 is 4.74 Å². The maximum Gasteiger partial charge on any atom is 0.416 e. The number of fused-ring (bicyclic) bond motifs is 3. The summed E-state index contributed by atoms with van der Waals surface area (Å²) in [4.78, 5) is 22.4. The molecule has 0 bridgehead atoms. The molecule has 28 heavy (non-hydrogen) atoms. The van der Waals surface area contributed by atoms with Crippen LogP contribution in [0.15, 0.2) is 54.6 Å². The fourth-order valence-electron chi connectivity index (χ4n) is 3.45. The van der Waals surface area contributed by atoms with Crippen LogP contribution in [0.2, 0.25) is 5.02 Å². The molecule has 1 aromatic heterocycles. The highest BCUT2D eigenvalue weighted by Crippen LogP contribution is 2.42. The van der Waals surface area contributed by atoms with Crippen LogP contribution in [0.1, 0.15) is 0 Å². The minimum atomic E-state index is -1.15. The van der Waals surface area contributed by atoms with Gasteiger partial charge in [-0.25, -0.2) is 9.36 Å². The Morgan fingerprint density at radius 3 is 2.43 bits per heavy atom. The van der Waals surface area contributed by atoms with Crippen molar-refractivity contribution < 1.29 is 19.6 Å². The molecule has 0 aliphatic rings. The number of nitro benzene ring substituents is 1. The van der Waals surface area contributed by atoms with Gasteiger partial charge in [0.2, 0.25) is 0 Å². The molecule has 4 aromatic rings. The number of hydrogen-bond acceptors (Lipinski definition) is 4. The number of benzene rings is 3. The Kier molecular flexibility index (Phi) is 4.16. The zero-order valence-corrected chi connectivity index (χ0v) is 15.3. The van der Waals surface area contributed by atoms with E-state index >= 15 is 0 Å². The number of rotatable bonds is 3. The van der Waals surface area contributed by atoms with E-state index in [1.165, 1.54) is 19.2 Å². The van der Waals surface area contributed by atoms with Crippen LogP contribution >= 0.6 is 11.6 Å². The van der Waals surface area contributed by atoms with Gasteiger partial charge in [-0.2, -0.15) is 0 Å². The van der Waals surface area contributed by atoms with E-state index in [0.717, 1.165) is 4.57 Å². The molecule has 3 aromatic carbocycles. The van der Waals surface area contributed by atoms with Crippen LogP contribution in [0.3, 0.4) is 0 Å². The molecular formula is C20H13ClN2O5. The SMILES string of the molecule is COc1c(-c2ccc([N+](=O)[O-])cc2)ccc2c3cc(Cl)ccc3n(C(=O)O)c12. The highest BCUT2D eigenvalue weighted by Gasteiger charge is 2.22. The first kappa shape index (κ1) is 17.8. The number of halogens is 1. The molecule has 0 aliphatic heterocycles. The summed E-state index contributed by atoms with van der Waals surface area (Å²) in [5.41, 5.74) is 2.15. The molecule has 0 atom stereocenters. The predicted octanol–water partition coefficient (Wildman–Crippen LogP) is 5.56. The first-order valence-corrected chi connectivity index (χ1v) is 8.59. The Morgan fingerprint density at radius 2 is 1.82 bits per heavy atom. The minimum absolute atomic E-state index is 0.0295. The third-order valence-electron chi connectivity index (χ3n) is 4.63. The van der Waals surface area contributed by atoms with E-state index in [2.05, 4.69) is 0 Å². The lowest BCUT2D eigenvalue weighted by atomic mass is 10.0. The average Bonchev–Trinajstić information content (AvgIpc) is 3.01. The summed E-state index contributed by atoms with van der Waals surface area (Å²) in [6.45, 7) is 0. The summed E-state index contributed by atoms with van der Waals surface area (Å²) in [6.07, 6.45) is -1.15. The molecule has 1 N–H and O–H groups in total. The third kappa shape index (κ3) is 2.64. The number of hydrogen-bond donors (Lipinski definition) is 1. The van der Waals surface area contributed by atoms with E-state index in [9.17, 15) is 20.0 Å². The molecular weight excluding hydrogens is 384 g/mol. The standard InChI is InChI=1S/C20H13ClN2O5/c1-28-19-14(11-2-5-13(6-3-11)23(26)27)7-8-15-16-10-12(21)4-9-17(16)22(18(15)19)20(24)25/h2-10H,1H3,(H,24,25). The zero-order chi connectivity index (χ0) is 20.0. The van der Waals surface area contributed by atoms with Gasteiger partial charge >= 0.3 is 6.09 Å². The van der Waals surface area contributed by atoms with Crippen LogP contribution in [0, 0.1) is 10.1 Å². The van der Waals surface area contributed by atoms with Gasteiger partial charge in [0.05, 0.1) is 17.5 Å². The average molecular weight is 397 g/mol. The second-order valence-corrected chi connectivity index (χ2v) is 6.56. The van der Waals surface area contributed by atoms with Gasteiger partial charge in [-0.05, 0) is 42.0 Å². The van der Waals surface area contributed by atoms with Crippen LogP contribution in [0.4, 0.5) is 10.5 Å². The largest absolute Gasteiger partial charge is 0.494 e. The van der Waals surface area contributed by atoms with Crippen LogP contribution in [0.5, 0.6) is 5.75 Å². The van der Waals surface area contributed by atoms with E-state index in [1.54, 1.807) is 42.5 Å². The Labute approximate surface area is 163 Å². The number of non-ortho nitro benzene ring substituents is 1. The summed E-state index contributed by atoms with van der Waals surface area (Å²) in [5, 5.41) is 22.6. The first-order valence-electron chi connectivity index (χ1n) is 8.21. The quantitative estimate of drug-likeness (QED) is 0.361. The van der Waals surface area contributed by atoms with Crippen molar-refractivity contribution in [2.24, 2.45) is 0 Å². The summed E-state index contributed by atoms with van der Waals surface area (Å²) in [7, 11) is 1.46. The molecule has 8 heteroatoms. The molecule has 4 rings (SSSR count). The number of ether oxygens (including phenoxy) is 1. The monoisotopic (exact) mass is 396 g/mol. The Morgan fingerprint density at radius 1 is 1.11 bits per heavy atom. The highest BCUT2D eigenvalue weighted by atomic mass is 35.5. The summed E-state index contributed by atoms with van der Waals surface area (Å²) in [5.74, 6) is 0.362. The molecule has 0 unspecified atom stereocenters. The van der Waals surface area contributed by atoms with Gasteiger partial charge in [0.1, 0.15) is 5.52 Å². The summed E-state index contributed by atoms with van der Waals surface area (Å²) < 4.78 is 6.75. The molecule has 0 spiro atoms. The van der Waals surface area contributed by atoms with Crippen molar-refractivity contribution in [1.29, 1.82) is 0 Å². The Bertz CT molecular complexity index is 1260. The summed E-state index contributed by atoms with van der Waals surface area (Å²) >= 11 is 6.11. The molecule has 0 amide bonds. The van der Waals surface area contributed by atoms with Crippen molar-refractivity contribution in [2.75, 3.05) is 7.11 Å². The molecule has 0 radical (unpaired) electrons. The molecule has 0 saturated carbocycles. The van der Waals surface area contributed by atoms with Crippen molar-refractivity contribution in [3.8, 4) is 16.9 Å². The topological polar surface area (TPSA) is 94.6 Å². The van der Waals surface area contributed by atoms with Gasteiger partial charge in [-0.1, -0.05) is 17.7 Å². The molecule has 140 valence electrons. The van der Waals surface area contributed by atoms with Gasteiger partial charge in [0.25, 0.3) is 5.69 Å². The van der Waals surface area contributed by atoms with Gasteiger partial charge in [-0.15, -0.1) is 0 Å². The van der Waals surface area contributed by atoms with E-state index in [0.29, 0.717) is 43.7 Å². The maximum atomic E-state index is 12.0. The lowest BCUT2D eigenvalue weighted by Crippen LogP contribution is -2.08. The number of carbonyl (C=O) groups is 1. The lowest BCUT2D eigenvalue weighted by Gasteiger charge is -2.12. The van der Waals surface area contributed by atoms with E-state index in [4.69, 9.17) is 16.3 Å². The van der Waals surface area contributed by atoms with Crippen molar-refractivity contribution in [2.45, 2.75) is 0 Å². The molecule has 7 nitrogen and oxygen atoms in total. The Hall–Kier alpha value is -3.58. The van der Waals surface area contributed by atoms with Crippen LogP contribution in [-0.2, 0) is 0 Å². The first-order chi connectivity index (χ1) is 13.4. The normalized spacial score (nSPS) is 11.1. The number of nitro groups is 1. The maximum absolute atomic E-state index is 12.0. The number of carboxylic acid groups (broad SMARTS) is 1. The molecule has 0 fully saturated rings. The van der Waals surface area contributed by atoms with Crippen LogP contribution in [0.25, 0.3) is 32.9 Å². The van der Waals surface area contributed by atoms with Gasteiger partial charge < -0.3 is 9.84 Å². The van der Waals surface area contributed by atoms with E-state index < -0.39 is 11.0 Å². The van der Waals surface area contributed by atoms with Gasteiger partial charge in [0.15, 0.2) is 5.75 Å². The fraction of sp³-hybridized carbons (Fsp3) is 0.0500. The number of methoxy groups -OCH3 is 1. The molecule has 1 heterocycles. The lowest BCUT2D eigenvalue weighted by molar-refractivity contribution is -0.384. The van der Waals surface area contributed by atoms with Gasteiger partial charge in [0, 0.05) is 33.5 Å². The zero-order valence-electron chi connectivity index (χ0n) is 14.5. The second-order valence-electron chi connectivity index (χ2n) is 6.13. The predicted molar refractivity (Wildman–Crippen MR) is 107 cm³/mol. The van der Waals surface area contributed by atoms with Crippen molar-refractivity contribution in [3.05, 3.63) is 69.7 Å². The van der Waals surface area contributed by atoms with Crippen molar-refractivity contribution >= 4 is 45.2 Å². The van der Waals surface area contributed by atoms with Crippen LogP contribution in [-0.4, -0.2) is 27.8 Å². The van der Waals surface area contributed by atoms with Gasteiger partial charge in [-0.3, -0.25) is 10.1 Å².